The molecule has 0 saturated heterocycles. The molecule has 0 spiro atoms. The third kappa shape index (κ3) is 8.15. The Morgan fingerprint density at radius 1 is 0.298 bits per heavy atom. The lowest BCUT2D eigenvalue weighted by atomic mass is 9.33. The molecule has 14 aromatic rings. The molecule has 7 heteroatoms. The first-order valence-electron chi connectivity index (χ1n) is 28.8. The van der Waals surface area contributed by atoms with Gasteiger partial charge in [-0.1, -0.05) is 205 Å². The first-order valence-corrected chi connectivity index (χ1v) is 28.8. The Hall–Kier alpha value is -10.9. The molecule has 0 atom stereocenters. The van der Waals surface area contributed by atoms with Gasteiger partial charge < -0.3 is 14.4 Å². The molecule has 0 N–H and O–H groups in total. The van der Waals surface area contributed by atoms with E-state index >= 15 is 0 Å². The zero-order valence-corrected chi connectivity index (χ0v) is 46.4. The highest BCUT2D eigenvalue weighted by molar-refractivity contribution is 7.00. The molecule has 12 aromatic carbocycles. The van der Waals surface area contributed by atoms with Crippen LogP contribution in [0.1, 0.15) is 11.1 Å². The second-order valence-corrected chi connectivity index (χ2v) is 22.1. The van der Waals surface area contributed by atoms with Gasteiger partial charge in [0.1, 0.15) is 0 Å². The van der Waals surface area contributed by atoms with E-state index in [1.807, 2.05) is 36.4 Å². The monoisotopic (exact) mass is 1070 g/mol. The fraction of sp³-hybridized carbons (Fsp3) is 0.0260. The molecule has 2 aliphatic rings. The summed E-state index contributed by atoms with van der Waals surface area (Å²) in [6.45, 7) is 4.38. The molecule has 16 rings (SSSR count). The number of aryl methyl sites for hydroxylation is 2. The van der Waals surface area contributed by atoms with Crippen LogP contribution in [0.15, 0.2) is 285 Å². The minimum absolute atomic E-state index is 0.0338. The lowest BCUT2D eigenvalue weighted by molar-refractivity contribution is 1.06. The Balaban J connectivity index is 0.895. The Kier molecular flexibility index (Phi) is 11.6. The third-order valence-corrected chi connectivity index (χ3v) is 16.9. The molecule has 0 radical (unpaired) electrons. The number of hydrogen-bond donors (Lipinski definition) is 0. The summed E-state index contributed by atoms with van der Waals surface area (Å²) >= 11 is 0. The lowest BCUT2D eigenvalue weighted by Gasteiger charge is -2.44. The summed E-state index contributed by atoms with van der Waals surface area (Å²) < 4.78 is 2.44. The number of anilines is 6. The molecular weight excluding hydrogens is 1020 g/mol. The molecule has 84 heavy (non-hydrogen) atoms. The average Bonchev–Trinajstić information content (AvgIpc) is 1.29. The summed E-state index contributed by atoms with van der Waals surface area (Å²) in [7, 11) is 0. The number of benzene rings is 12. The zero-order valence-electron chi connectivity index (χ0n) is 46.4. The van der Waals surface area contributed by atoms with Crippen molar-refractivity contribution in [3.63, 3.8) is 0 Å². The molecule has 4 heterocycles. The predicted molar refractivity (Wildman–Crippen MR) is 350 cm³/mol. The van der Waals surface area contributed by atoms with E-state index in [4.69, 9.17) is 15.0 Å². The summed E-state index contributed by atoms with van der Waals surface area (Å²) in [4.78, 5) is 20.8. The summed E-state index contributed by atoms with van der Waals surface area (Å²) in [5.74, 6) is 1.82. The number of nitrogens with zero attached hydrogens (tertiary/aromatic N) is 6. The molecule has 2 aliphatic heterocycles. The van der Waals surface area contributed by atoms with Crippen LogP contribution in [0.2, 0.25) is 0 Å². The van der Waals surface area contributed by atoms with Gasteiger partial charge in [0.2, 0.25) is 0 Å². The van der Waals surface area contributed by atoms with Crippen molar-refractivity contribution < 1.29 is 0 Å². The van der Waals surface area contributed by atoms with Crippen molar-refractivity contribution >= 4 is 79.0 Å². The molecule has 0 fully saturated rings. The number of rotatable bonds is 9. The van der Waals surface area contributed by atoms with Crippen LogP contribution in [-0.2, 0) is 0 Å². The van der Waals surface area contributed by atoms with Gasteiger partial charge in [-0.3, -0.25) is 0 Å². The lowest BCUT2D eigenvalue weighted by Crippen LogP contribution is -2.61. The zero-order chi connectivity index (χ0) is 55.8. The molecule has 6 nitrogen and oxygen atoms in total. The van der Waals surface area contributed by atoms with Crippen LogP contribution in [0.25, 0.3) is 95.0 Å². The summed E-state index contributed by atoms with van der Waals surface area (Å²) in [5.41, 5.74) is 25.9. The number of aromatic nitrogens is 4. The molecule has 0 amide bonds. The van der Waals surface area contributed by atoms with E-state index < -0.39 is 0 Å². The van der Waals surface area contributed by atoms with E-state index in [1.165, 1.54) is 61.0 Å². The van der Waals surface area contributed by atoms with E-state index in [0.29, 0.717) is 17.5 Å². The van der Waals surface area contributed by atoms with Gasteiger partial charge in [-0.15, -0.1) is 0 Å². The average molecular weight is 1070 g/mol. The van der Waals surface area contributed by atoms with Gasteiger partial charge in [-0.25, -0.2) is 15.0 Å². The van der Waals surface area contributed by atoms with E-state index in [0.717, 1.165) is 78.2 Å². The second-order valence-electron chi connectivity index (χ2n) is 22.1. The molecule has 394 valence electrons. The van der Waals surface area contributed by atoms with E-state index in [9.17, 15) is 0 Å². The minimum Gasteiger partial charge on any atom is -0.311 e. The molecule has 0 aliphatic carbocycles. The first-order chi connectivity index (χ1) is 41.5. The second kappa shape index (κ2) is 20.0. The fourth-order valence-electron chi connectivity index (χ4n) is 13.1. The Morgan fingerprint density at radius 3 is 1.23 bits per heavy atom. The Bertz CT molecular complexity index is 4660. The number of fused-ring (bicyclic) bond motifs is 7. The minimum atomic E-state index is 0.0338. The van der Waals surface area contributed by atoms with Crippen LogP contribution in [0.5, 0.6) is 0 Å². The topological polar surface area (TPSA) is 50.1 Å². The van der Waals surface area contributed by atoms with Gasteiger partial charge in [-0.2, -0.15) is 0 Å². The van der Waals surface area contributed by atoms with E-state index in [2.05, 4.69) is 277 Å². The van der Waals surface area contributed by atoms with Gasteiger partial charge in [0, 0.05) is 67.2 Å². The standard InChI is InChI=1S/C77H53BN6/c1-50-40-42-67-63(44-50)64-45-51(2)41-43-68(64)84(67)74-61(34-21-35-62(74)77-80-75(52-22-7-3-8-23-52)79-76(81-77)53-24-9-4-10-25-53)57-29-20-27-55(47-57)54-26-19-28-56(46-54)58-48-71-73-72(49-58)83(60-32-13-6-14-33-60)70-39-18-16-37-66(70)78(73)65-36-15-17-38-69(65)82(71)59-30-11-5-12-31-59/h3-49H,1-2H3. The van der Waals surface area contributed by atoms with Crippen LogP contribution in [0, 0.1) is 13.8 Å². The van der Waals surface area contributed by atoms with E-state index in [-0.39, 0.29) is 6.71 Å². The molecule has 0 unspecified atom stereocenters. The summed E-state index contributed by atoms with van der Waals surface area (Å²) in [5, 5.41) is 2.40. The molecule has 0 bridgehead atoms. The summed E-state index contributed by atoms with van der Waals surface area (Å²) in [6.07, 6.45) is 0. The molecule has 2 aromatic heterocycles. The van der Waals surface area contributed by atoms with E-state index in [1.54, 1.807) is 0 Å². The Morgan fingerprint density at radius 2 is 0.702 bits per heavy atom. The Labute approximate surface area is 489 Å². The SMILES string of the molecule is Cc1ccc2c(c1)c1cc(C)ccc1n2-c1c(-c2cccc(-c3cccc(-c4cc5c6c(c4)N(c4ccccc4)c4ccccc4B6c4ccccc4N5c4ccccc4)c3)c2)cccc1-c1nc(-c2ccccc2)nc(-c2ccccc2)n1. The van der Waals surface area contributed by atoms with Gasteiger partial charge >= 0.3 is 0 Å². The van der Waals surface area contributed by atoms with Crippen LogP contribution in [0.3, 0.4) is 0 Å². The fourth-order valence-corrected chi connectivity index (χ4v) is 13.1. The summed E-state index contributed by atoms with van der Waals surface area (Å²) in [6, 6.07) is 103. The first kappa shape index (κ1) is 49.0. The van der Waals surface area contributed by atoms with Crippen molar-refractivity contribution in [3.8, 4) is 73.2 Å². The van der Waals surface area contributed by atoms with Gasteiger partial charge in [0.15, 0.2) is 17.5 Å². The van der Waals surface area contributed by atoms with Crippen molar-refractivity contribution in [2.45, 2.75) is 13.8 Å². The maximum atomic E-state index is 5.37. The highest BCUT2D eigenvalue weighted by Gasteiger charge is 2.43. The number of para-hydroxylation sites is 5. The van der Waals surface area contributed by atoms with Crippen molar-refractivity contribution in [3.05, 3.63) is 296 Å². The highest BCUT2D eigenvalue weighted by Crippen LogP contribution is 2.47. The van der Waals surface area contributed by atoms with Crippen LogP contribution in [-0.4, -0.2) is 26.2 Å². The van der Waals surface area contributed by atoms with Crippen LogP contribution >= 0.6 is 0 Å². The normalized spacial score (nSPS) is 12.3. The molecule has 0 saturated carbocycles. The van der Waals surface area contributed by atoms with Crippen molar-refractivity contribution in [1.82, 2.24) is 19.5 Å². The third-order valence-electron chi connectivity index (χ3n) is 16.9. The van der Waals surface area contributed by atoms with Crippen LogP contribution in [0.4, 0.5) is 34.1 Å². The smallest absolute Gasteiger partial charge is 0.252 e. The van der Waals surface area contributed by atoms with Crippen molar-refractivity contribution in [2.75, 3.05) is 9.80 Å². The quantitative estimate of drug-likeness (QED) is 0.135. The largest absolute Gasteiger partial charge is 0.311 e. The molecular formula is C77H53BN6. The maximum Gasteiger partial charge on any atom is 0.252 e. The predicted octanol–water partition coefficient (Wildman–Crippen LogP) is 17.7. The van der Waals surface area contributed by atoms with Crippen LogP contribution < -0.4 is 26.2 Å². The van der Waals surface area contributed by atoms with Gasteiger partial charge in [0.05, 0.1) is 16.7 Å². The highest BCUT2D eigenvalue weighted by atomic mass is 15.2. The van der Waals surface area contributed by atoms with Gasteiger partial charge in [0.25, 0.3) is 6.71 Å². The van der Waals surface area contributed by atoms with Crippen molar-refractivity contribution in [2.24, 2.45) is 0 Å². The maximum absolute atomic E-state index is 5.37. The van der Waals surface area contributed by atoms with Gasteiger partial charge in [-0.05, 0) is 149 Å². The number of hydrogen-bond acceptors (Lipinski definition) is 5. The van der Waals surface area contributed by atoms with Crippen molar-refractivity contribution in [1.29, 1.82) is 0 Å².